The van der Waals surface area contributed by atoms with E-state index in [1.54, 1.807) is 24.0 Å². The van der Waals surface area contributed by atoms with Crippen LogP contribution in [-0.4, -0.2) is 49.0 Å². The zero-order chi connectivity index (χ0) is 24.2. The third kappa shape index (κ3) is 5.24. The van der Waals surface area contributed by atoms with E-state index in [0.29, 0.717) is 22.3 Å². The van der Waals surface area contributed by atoms with Crippen molar-refractivity contribution in [3.05, 3.63) is 77.6 Å². The molecule has 2 N–H and O–H groups in total. The summed E-state index contributed by atoms with van der Waals surface area (Å²) in [5, 5.41) is 30.7. The second kappa shape index (κ2) is 10.3. The lowest BCUT2D eigenvalue weighted by atomic mass is 9.98. The highest BCUT2D eigenvalue weighted by Crippen LogP contribution is 2.39. The van der Waals surface area contributed by atoms with Gasteiger partial charge >= 0.3 is 0 Å². The molecule has 0 saturated carbocycles. The van der Waals surface area contributed by atoms with Crippen LogP contribution in [0.5, 0.6) is 11.5 Å². The topological polar surface area (TPSA) is 87.3 Å². The van der Waals surface area contributed by atoms with Crippen molar-refractivity contribution in [3.8, 4) is 28.6 Å². The SMILES string of the molecule is CC(C)c1cc(-c2nnc(SCc3cccnc3)n2-c2ccc(CN(C)C)cc2)c(O)cc1O. The van der Waals surface area contributed by atoms with Crippen LogP contribution in [0.15, 0.2) is 66.1 Å². The summed E-state index contributed by atoms with van der Waals surface area (Å²) in [6, 6.07) is 15.4. The summed E-state index contributed by atoms with van der Waals surface area (Å²) in [5.41, 5.74) is 4.45. The van der Waals surface area contributed by atoms with Crippen LogP contribution < -0.4 is 0 Å². The van der Waals surface area contributed by atoms with Crippen LogP contribution in [0.2, 0.25) is 0 Å². The number of aromatic hydroxyl groups is 2. The number of aromatic nitrogens is 4. The molecule has 0 amide bonds. The van der Waals surface area contributed by atoms with E-state index in [1.807, 2.05) is 63.0 Å². The van der Waals surface area contributed by atoms with E-state index in [-0.39, 0.29) is 17.4 Å². The average Bonchev–Trinajstić information content (AvgIpc) is 3.22. The molecule has 0 atom stereocenters. The molecule has 8 heteroatoms. The maximum atomic E-state index is 10.7. The average molecular weight is 476 g/mol. The number of phenols is 2. The molecule has 7 nitrogen and oxygen atoms in total. The van der Waals surface area contributed by atoms with Crippen LogP contribution in [-0.2, 0) is 12.3 Å². The Morgan fingerprint density at radius 1 is 0.971 bits per heavy atom. The molecule has 2 aromatic heterocycles. The van der Waals surface area contributed by atoms with Crippen molar-refractivity contribution in [2.45, 2.75) is 37.2 Å². The van der Waals surface area contributed by atoms with Gasteiger partial charge in [0.25, 0.3) is 0 Å². The molecular formula is C26H29N5O2S. The summed E-state index contributed by atoms with van der Waals surface area (Å²) in [5.74, 6) is 1.32. The van der Waals surface area contributed by atoms with E-state index in [9.17, 15) is 10.2 Å². The Morgan fingerprint density at radius 2 is 1.74 bits per heavy atom. The molecule has 0 aliphatic rings. The highest BCUT2D eigenvalue weighted by atomic mass is 32.2. The molecule has 34 heavy (non-hydrogen) atoms. The highest BCUT2D eigenvalue weighted by molar-refractivity contribution is 7.98. The van der Waals surface area contributed by atoms with Gasteiger partial charge in [0.15, 0.2) is 11.0 Å². The Kier molecular flexibility index (Phi) is 7.19. The lowest BCUT2D eigenvalue weighted by Gasteiger charge is -2.15. The molecule has 4 rings (SSSR count). The van der Waals surface area contributed by atoms with Gasteiger partial charge in [-0.2, -0.15) is 0 Å². The van der Waals surface area contributed by atoms with Gasteiger partial charge in [-0.25, -0.2) is 0 Å². The van der Waals surface area contributed by atoms with E-state index < -0.39 is 0 Å². The molecule has 0 saturated heterocycles. The molecule has 0 radical (unpaired) electrons. The maximum absolute atomic E-state index is 10.7. The molecule has 176 valence electrons. The monoisotopic (exact) mass is 475 g/mol. The smallest absolute Gasteiger partial charge is 0.196 e. The number of hydrogen-bond acceptors (Lipinski definition) is 7. The predicted octanol–water partition coefficient (Wildman–Crippen LogP) is 5.22. The molecule has 0 fully saturated rings. The molecule has 2 aromatic carbocycles. The van der Waals surface area contributed by atoms with Crippen LogP contribution in [0.25, 0.3) is 17.1 Å². The van der Waals surface area contributed by atoms with Gasteiger partial charge in [-0.15, -0.1) is 10.2 Å². The van der Waals surface area contributed by atoms with Gasteiger partial charge in [0, 0.05) is 36.4 Å². The third-order valence-electron chi connectivity index (χ3n) is 5.43. The molecule has 0 aliphatic heterocycles. The van der Waals surface area contributed by atoms with Crippen LogP contribution >= 0.6 is 11.8 Å². The van der Waals surface area contributed by atoms with E-state index in [0.717, 1.165) is 23.4 Å². The van der Waals surface area contributed by atoms with E-state index >= 15 is 0 Å². The molecule has 0 aliphatic carbocycles. The largest absolute Gasteiger partial charge is 0.508 e. The summed E-state index contributed by atoms with van der Waals surface area (Å²) in [6.07, 6.45) is 3.59. The zero-order valence-electron chi connectivity index (χ0n) is 19.8. The Hall–Kier alpha value is -3.36. The van der Waals surface area contributed by atoms with Crippen molar-refractivity contribution in [2.24, 2.45) is 0 Å². The second-order valence-electron chi connectivity index (χ2n) is 8.78. The lowest BCUT2D eigenvalue weighted by Crippen LogP contribution is -2.10. The van der Waals surface area contributed by atoms with E-state index in [4.69, 9.17) is 0 Å². The summed E-state index contributed by atoms with van der Waals surface area (Å²) in [7, 11) is 4.08. The number of thioether (sulfide) groups is 1. The fraction of sp³-hybridized carbons (Fsp3) is 0.269. The summed E-state index contributed by atoms with van der Waals surface area (Å²) in [4.78, 5) is 6.31. The Balaban J connectivity index is 1.80. The van der Waals surface area contributed by atoms with Crippen LogP contribution in [0.3, 0.4) is 0 Å². The quantitative estimate of drug-likeness (QED) is 0.338. The Morgan fingerprint density at radius 3 is 2.38 bits per heavy atom. The first-order chi connectivity index (χ1) is 16.3. The van der Waals surface area contributed by atoms with Gasteiger partial charge in [0.1, 0.15) is 11.5 Å². The van der Waals surface area contributed by atoms with E-state index in [2.05, 4.69) is 32.2 Å². The van der Waals surface area contributed by atoms with Crippen molar-refractivity contribution in [1.29, 1.82) is 0 Å². The van der Waals surface area contributed by atoms with Gasteiger partial charge in [-0.1, -0.05) is 43.8 Å². The van der Waals surface area contributed by atoms with Crippen LogP contribution in [0, 0.1) is 0 Å². The van der Waals surface area contributed by atoms with Crippen molar-refractivity contribution in [2.75, 3.05) is 14.1 Å². The standard InChI is InChI=1S/C26H29N5O2S/c1-17(2)21-12-22(24(33)13-23(21)32)25-28-29-26(34-16-19-6-5-11-27-14-19)31(25)20-9-7-18(8-10-20)15-30(3)4/h5-14,17,32-33H,15-16H2,1-4H3. The van der Waals surface area contributed by atoms with Crippen molar-refractivity contribution in [1.82, 2.24) is 24.6 Å². The summed E-state index contributed by atoms with van der Waals surface area (Å²) in [6.45, 7) is 4.84. The van der Waals surface area contributed by atoms with Crippen LogP contribution in [0.1, 0.15) is 36.5 Å². The van der Waals surface area contributed by atoms with Crippen LogP contribution in [0.4, 0.5) is 0 Å². The number of hydrogen-bond donors (Lipinski definition) is 2. The predicted molar refractivity (Wildman–Crippen MR) is 135 cm³/mol. The zero-order valence-corrected chi connectivity index (χ0v) is 20.6. The fourth-order valence-corrected chi connectivity index (χ4v) is 4.64. The van der Waals surface area contributed by atoms with Gasteiger partial charge in [-0.3, -0.25) is 9.55 Å². The van der Waals surface area contributed by atoms with Crippen molar-refractivity contribution in [3.63, 3.8) is 0 Å². The lowest BCUT2D eigenvalue weighted by molar-refractivity contribution is 0.402. The van der Waals surface area contributed by atoms with Gasteiger partial charge in [0.2, 0.25) is 0 Å². The van der Waals surface area contributed by atoms with Gasteiger partial charge < -0.3 is 15.1 Å². The number of nitrogens with zero attached hydrogens (tertiary/aromatic N) is 5. The van der Waals surface area contributed by atoms with Gasteiger partial charge in [0.05, 0.1) is 5.56 Å². The number of pyridine rings is 1. The summed E-state index contributed by atoms with van der Waals surface area (Å²) < 4.78 is 1.96. The number of benzene rings is 2. The normalized spacial score (nSPS) is 11.5. The van der Waals surface area contributed by atoms with Crippen molar-refractivity contribution < 1.29 is 10.2 Å². The Bertz CT molecular complexity index is 1250. The second-order valence-corrected chi connectivity index (χ2v) is 9.72. The first kappa shape index (κ1) is 23.8. The minimum Gasteiger partial charge on any atom is -0.508 e. The summed E-state index contributed by atoms with van der Waals surface area (Å²) >= 11 is 1.55. The van der Waals surface area contributed by atoms with Gasteiger partial charge in [-0.05, 0) is 61.0 Å². The highest BCUT2D eigenvalue weighted by Gasteiger charge is 2.21. The molecule has 0 spiro atoms. The third-order valence-corrected chi connectivity index (χ3v) is 6.43. The molecule has 0 bridgehead atoms. The molecule has 2 heterocycles. The molecule has 4 aromatic rings. The first-order valence-electron chi connectivity index (χ1n) is 11.1. The van der Waals surface area contributed by atoms with Crippen molar-refractivity contribution >= 4 is 11.8 Å². The first-order valence-corrected chi connectivity index (χ1v) is 12.1. The molecular weight excluding hydrogens is 446 g/mol. The Labute approximate surface area is 204 Å². The molecule has 0 unspecified atom stereocenters. The minimum atomic E-state index is -0.0383. The number of phenolic OH excluding ortho intramolecular Hbond substituents is 2. The maximum Gasteiger partial charge on any atom is 0.196 e. The number of rotatable bonds is 8. The van der Waals surface area contributed by atoms with E-state index in [1.165, 1.54) is 11.6 Å². The fourth-order valence-electron chi connectivity index (χ4n) is 3.75. The minimum absolute atomic E-state index is 0.0383.